The molecule has 130 valence electrons. The zero-order valence-electron chi connectivity index (χ0n) is 14.1. The van der Waals surface area contributed by atoms with Gasteiger partial charge in [-0.3, -0.25) is 4.79 Å². The second-order valence-corrected chi connectivity index (χ2v) is 7.58. The molecule has 1 aromatic heterocycles. The third-order valence-corrected chi connectivity index (χ3v) is 5.52. The van der Waals surface area contributed by atoms with E-state index in [2.05, 4.69) is 6.92 Å². The minimum atomic E-state index is -3.52. The standard InChI is InChI=1S/C18H23NO4S/c1-3-5-12-19(4-2)18(20)17-15(11-13-23-17)14-24(21,22)16-9-7-6-8-10-16/h6-11,13H,3-5,12,14H2,1-2H3. The molecule has 1 heterocycles. The van der Waals surface area contributed by atoms with Crippen LogP contribution in [0.5, 0.6) is 0 Å². The van der Waals surface area contributed by atoms with E-state index in [1.165, 1.54) is 6.26 Å². The molecule has 6 heteroatoms. The highest BCUT2D eigenvalue weighted by Gasteiger charge is 2.25. The van der Waals surface area contributed by atoms with Crippen molar-refractivity contribution < 1.29 is 17.6 Å². The molecule has 2 aromatic rings. The number of furan rings is 1. The molecule has 0 aliphatic rings. The van der Waals surface area contributed by atoms with E-state index in [4.69, 9.17) is 4.42 Å². The molecule has 0 atom stereocenters. The fourth-order valence-corrected chi connectivity index (χ4v) is 3.82. The quantitative estimate of drug-likeness (QED) is 0.731. The fourth-order valence-electron chi connectivity index (χ4n) is 2.45. The number of carbonyl (C=O) groups excluding carboxylic acids is 1. The highest BCUT2D eigenvalue weighted by atomic mass is 32.2. The first-order valence-electron chi connectivity index (χ1n) is 8.13. The predicted octanol–water partition coefficient (Wildman–Crippen LogP) is 3.52. The first-order chi connectivity index (χ1) is 11.5. The average Bonchev–Trinajstić information content (AvgIpc) is 3.03. The van der Waals surface area contributed by atoms with Gasteiger partial charge in [0.2, 0.25) is 0 Å². The van der Waals surface area contributed by atoms with Crippen LogP contribution in [0.3, 0.4) is 0 Å². The number of rotatable bonds is 8. The van der Waals surface area contributed by atoms with Crippen molar-refractivity contribution in [3.05, 3.63) is 54.0 Å². The number of amides is 1. The van der Waals surface area contributed by atoms with E-state index in [9.17, 15) is 13.2 Å². The topological polar surface area (TPSA) is 67.6 Å². The lowest BCUT2D eigenvalue weighted by Gasteiger charge is -2.19. The van der Waals surface area contributed by atoms with Gasteiger partial charge in [-0.15, -0.1) is 0 Å². The van der Waals surface area contributed by atoms with Crippen LogP contribution in [0.15, 0.2) is 52.0 Å². The smallest absolute Gasteiger partial charge is 0.289 e. The Labute approximate surface area is 143 Å². The molecule has 0 spiro atoms. The summed E-state index contributed by atoms with van der Waals surface area (Å²) >= 11 is 0. The fraction of sp³-hybridized carbons (Fsp3) is 0.389. The maximum atomic E-state index is 12.6. The Kier molecular flexibility index (Phi) is 6.20. The SMILES string of the molecule is CCCCN(CC)C(=O)c1occc1CS(=O)(=O)c1ccccc1. The summed E-state index contributed by atoms with van der Waals surface area (Å²) in [5.41, 5.74) is 0.402. The third-order valence-electron chi connectivity index (χ3n) is 3.84. The molecular weight excluding hydrogens is 326 g/mol. The molecule has 0 saturated heterocycles. The van der Waals surface area contributed by atoms with Gasteiger partial charge < -0.3 is 9.32 Å². The van der Waals surface area contributed by atoms with E-state index in [0.717, 1.165) is 12.8 Å². The van der Waals surface area contributed by atoms with Crippen molar-refractivity contribution >= 4 is 15.7 Å². The average molecular weight is 349 g/mol. The van der Waals surface area contributed by atoms with E-state index in [-0.39, 0.29) is 22.3 Å². The van der Waals surface area contributed by atoms with Gasteiger partial charge in [0, 0.05) is 18.7 Å². The Balaban J connectivity index is 2.23. The zero-order chi connectivity index (χ0) is 17.6. The summed E-state index contributed by atoms with van der Waals surface area (Å²) in [5, 5.41) is 0. The van der Waals surface area contributed by atoms with Crippen LogP contribution in [0.1, 0.15) is 42.8 Å². The summed E-state index contributed by atoms with van der Waals surface area (Å²) in [6, 6.07) is 9.78. The van der Waals surface area contributed by atoms with Crippen molar-refractivity contribution in [2.24, 2.45) is 0 Å². The molecule has 24 heavy (non-hydrogen) atoms. The lowest BCUT2D eigenvalue weighted by molar-refractivity contribution is 0.0729. The summed E-state index contributed by atoms with van der Waals surface area (Å²) in [4.78, 5) is 14.5. The van der Waals surface area contributed by atoms with Gasteiger partial charge >= 0.3 is 0 Å². The second kappa shape index (κ2) is 8.15. The van der Waals surface area contributed by atoms with Crippen molar-refractivity contribution in [1.82, 2.24) is 4.90 Å². The lowest BCUT2D eigenvalue weighted by atomic mass is 10.2. The molecule has 5 nitrogen and oxygen atoms in total. The zero-order valence-corrected chi connectivity index (χ0v) is 14.9. The van der Waals surface area contributed by atoms with Crippen LogP contribution in [-0.2, 0) is 15.6 Å². The number of benzene rings is 1. The van der Waals surface area contributed by atoms with Crippen molar-refractivity contribution in [1.29, 1.82) is 0 Å². The summed E-state index contributed by atoms with van der Waals surface area (Å²) in [6.07, 6.45) is 3.26. The minimum Gasteiger partial charge on any atom is -0.459 e. The molecule has 0 aliphatic heterocycles. The van der Waals surface area contributed by atoms with Gasteiger partial charge in [0.15, 0.2) is 15.6 Å². The van der Waals surface area contributed by atoms with E-state index in [1.807, 2.05) is 6.92 Å². The largest absolute Gasteiger partial charge is 0.459 e. The van der Waals surface area contributed by atoms with Crippen LogP contribution in [0.25, 0.3) is 0 Å². The van der Waals surface area contributed by atoms with Crippen LogP contribution in [0.4, 0.5) is 0 Å². The molecule has 0 fully saturated rings. The van der Waals surface area contributed by atoms with Crippen LogP contribution < -0.4 is 0 Å². The predicted molar refractivity (Wildman–Crippen MR) is 92.5 cm³/mol. The summed E-state index contributed by atoms with van der Waals surface area (Å²) < 4.78 is 30.4. The molecule has 0 bridgehead atoms. The molecule has 0 aliphatic carbocycles. The summed E-state index contributed by atoms with van der Waals surface area (Å²) in [6.45, 7) is 5.15. The van der Waals surface area contributed by atoms with Crippen molar-refractivity contribution in [3.63, 3.8) is 0 Å². The third kappa shape index (κ3) is 4.26. The molecule has 0 saturated carbocycles. The van der Waals surface area contributed by atoms with Gasteiger partial charge in [0.05, 0.1) is 16.9 Å². The molecule has 0 radical (unpaired) electrons. The Morgan fingerprint density at radius 2 is 1.83 bits per heavy atom. The first kappa shape index (κ1) is 18.3. The number of hydrogen-bond donors (Lipinski definition) is 0. The molecule has 1 amide bonds. The number of sulfone groups is 1. The highest BCUT2D eigenvalue weighted by Crippen LogP contribution is 2.21. The number of hydrogen-bond acceptors (Lipinski definition) is 4. The monoisotopic (exact) mass is 349 g/mol. The van der Waals surface area contributed by atoms with Crippen LogP contribution in [0, 0.1) is 0 Å². The summed E-state index contributed by atoms with van der Waals surface area (Å²) in [5.74, 6) is -0.387. The first-order valence-corrected chi connectivity index (χ1v) is 9.78. The van der Waals surface area contributed by atoms with Gasteiger partial charge in [-0.05, 0) is 31.5 Å². The second-order valence-electron chi connectivity index (χ2n) is 5.59. The summed E-state index contributed by atoms with van der Waals surface area (Å²) in [7, 11) is -3.52. The number of carbonyl (C=O) groups is 1. The molecule has 1 aromatic carbocycles. The molecule has 0 N–H and O–H groups in total. The Morgan fingerprint density at radius 3 is 2.46 bits per heavy atom. The van der Waals surface area contributed by atoms with E-state index in [0.29, 0.717) is 18.7 Å². The van der Waals surface area contributed by atoms with Gasteiger partial charge in [-0.2, -0.15) is 0 Å². The Morgan fingerprint density at radius 1 is 1.12 bits per heavy atom. The molecule has 0 unspecified atom stereocenters. The van der Waals surface area contributed by atoms with Crippen molar-refractivity contribution in [3.8, 4) is 0 Å². The Bertz CT molecular complexity index is 765. The Hall–Kier alpha value is -2.08. The van der Waals surface area contributed by atoms with E-state index >= 15 is 0 Å². The molecular formula is C18H23NO4S. The lowest BCUT2D eigenvalue weighted by Crippen LogP contribution is -2.32. The van der Waals surface area contributed by atoms with Crippen LogP contribution in [0.2, 0.25) is 0 Å². The van der Waals surface area contributed by atoms with Gasteiger partial charge in [0.25, 0.3) is 5.91 Å². The number of unbranched alkanes of at least 4 members (excludes halogenated alkanes) is 1. The molecule has 2 rings (SSSR count). The van der Waals surface area contributed by atoms with Gasteiger partial charge in [-0.25, -0.2) is 8.42 Å². The van der Waals surface area contributed by atoms with Gasteiger partial charge in [-0.1, -0.05) is 31.5 Å². The normalized spacial score (nSPS) is 11.4. The van der Waals surface area contributed by atoms with Crippen molar-refractivity contribution in [2.75, 3.05) is 13.1 Å². The highest BCUT2D eigenvalue weighted by molar-refractivity contribution is 7.90. The van der Waals surface area contributed by atoms with Crippen LogP contribution in [-0.4, -0.2) is 32.3 Å². The minimum absolute atomic E-state index is 0.118. The number of nitrogens with zero attached hydrogens (tertiary/aromatic N) is 1. The van der Waals surface area contributed by atoms with Crippen molar-refractivity contribution in [2.45, 2.75) is 37.3 Å². The van der Waals surface area contributed by atoms with Crippen LogP contribution >= 0.6 is 0 Å². The van der Waals surface area contributed by atoms with E-state index < -0.39 is 9.84 Å². The van der Waals surface area contributed by atoms with Gasteiger partial charge in [0.1, 0.15) is 0 Å². The van der Waals surface area contributed by atoms with E-state index in [1.54, 1.807) is 41.3 Å². The maximum absolute atomic E-state index is 12.6. The maximum Gasteiger partial charge on any atom is 0.289 e.